The highest BCUT2D eigenvalue weighted by Gasteiger charge is 2.23. The maximum atomic E-state index is 12.5. The van der Waals surface area contributed by atoms with Crippen molar-refractivity contribution in [3.05, 3.63) is 34.9 Å². The Labute approximate surface area is 128 Å². The molecule has 0 aliphatic rings. The average Bonchev–Trinajstić information content (AvgIpc) is 2.99. The number of rotatable bonds is 7. The number of anilines is 1. The van der Waals surface area contributed by atoms with Crippen LogP contribution in [0, 0.1) is 0 Å². The van der Waals surface area contributed by atoms with Crippen molar-refractivity contribution >= 4 is 27.2 Å². The standard InChI is InChI=1S/C13H18N4O2S2/c1-3-6-14-12-11(5-4-7-15-12)21(18,19)17-10(2)13-16-8-9-20-13/h4-5,7-10,17H,3,6H2,1-2H3,(H,14,15). The zero-order chi connectivity index (χ0) is 15.3. The molecule has 2 N–H and O–H groups in total. The Kier molecular flexibility index (Phi) is 5.27. The molecule has 21 heavy (non-hydrogen) atoms. The van der Waals surface area contributed by atoms with Crippen LogP contribution in [0.5, 0.6) is 0 Å². The molecule has 0 spiro atoms. The SMILES string of the molecule is CCCNc1ncccc1S(=O)(=O)NC(C)c1nccs1. The molecule has 2 aromatic heterocycles. The topological polar surface area (TPSA) is 84.0 Å². The average molecular weight is 326 g/mol. The first-order valence-electron chi connectivity index (χ1n) is 6.65. The first-order valence-corrected chi connectivity index (χ1v) is 9.01. The van der Waals surface area contributed by atoms with Gasteiger partial charge in [-0.05, 0) is 25.5 Å². The van der Waals surface area contributed by atoms with E-state index in [1.165, 1.54) is 11.3 Å². The van der Waals surface area contributed by atoms with Gasteiger partial charge in [-0.3, -0.25) is 0 Å². The Bertz CT molecular complexity index is 671. The number of nitrogens with one attached hydrogen (secondary N) is 2. The van der Waals surface area contributed by atoms with Crippen LogP contribution in [0.2, 0.25) is 0 Å². The van der Waals surface area contributed by atoms with Gasteiger partial charge in [-0.25, -0.2) is 23.1 Å². The quantitative estimate of drug-likeness (QED) is 0.816. The van der Waals surface area contributed by atoms with Gasteiger partial charge in [0.1, 0.15) is 15.7 Å². The predicted octanol–water partition coefficient (Wildman–Crippen LogP) is 2.40. The van der Waals surface area contributed by atoms with Crippen molar-refractivity contribution in [1.82, 2.24) is 14.7 Å². The highest BCUT2D eigenvalue weighted by atomic mass is 32.2. The molecule has 2 heterocycles. The minimum absolute atomic E-state index is 0.154. The summed E-state index contributed by atoms with van der Waals surface area (Å²) in [6, 6.07) is 2.77. The second-order valence-electron chi connectivity index (χ2n) is 4.49. The minimum atomic E-state index is -3.65. The normalized spacial score (nSPS) is 13.0. The molecule has 0 saturated carbocycles. The van der Waals surface area contributed by atoms with Crippen molar-refractivity contribution in [3.63, 3.8) is 0 Å². The number of aromatic nitrogens is 2. The molecule has 2 aromatic rings. The number of nitrogens with zero attached hydrogens (tertiary/aromatic N) is 2. The lowest BCUT2D eigenvalue weighted by molar-refractivity contribution is 0.566. The van der Waals surface area contributed by atoms with Crippen LogP contribution >= 0.6 is 11.3 Å². The maximum Gasteiger partial charge on any atom is 0.244 e. The van der Waals surface area contributed by atoms with Crippen molar-refractivity contribution in [1.29, 1.82) is 0 Å². The number of sulfonamides is 1. The first kappa shape index (κ1) is 15.9. The van der Waals surface area contributed by atoms with Gasteiger partial charge in [0.15, 0.2) is 0 Å². The van der Waals surface area contributed by atoms with E-state index in [0.717, 1.165) is 11.4 Å². The van der Waals surface area contributed by atoms with E-state index < -0.39 is 10.0 Å². The molecule has 0 radical (unpaired) electrons. The van der Waals surface area contributed by atoms with Crippen LogP contribution in [-0.2, 0) is 10.0 Å². The van der Waals surface area contributed by atoms with Gasteiger partial charge in [0, 0.05) is 24.3 Å². The molecule has 2 rings (SSSR count). The number of thiazole rings is 1. The summed E-state index contributed by atoms with van der Waals surface area (Å²) < 4.78 is 27.6. The molecule has 8 heteroatoms. The second kappa shape index (κ2) is 6.97. The van der Waals surface area contributed by atoms with Crippen LogP contribution in [0.3, 0.4) is 0 Å². The highest BCUT2D eigenvalue weighted by molar-refractivity contribution is 7.89. The zero-order valence-electron chi connectivity index (χ0n) is 11.9. The summed E-state index contributed by atoms with van der Waals surface area (Å²) in [6.07, 6.45) is 4.11. The fourth-order valence-electron chi connectivity index (χ4n) is 1.78. The Morgan fingerprint density at radius 1 is 1.33 bits per heavy atom. The lowest BCUT2D eigenvalue weighted by Gasteiger charge is -2.14. The molecule has 0 saturated heterocycles. The van der Waals surface area contributed by atoms with Crippen LogP contribution in [-0.4, -0.2) is 24.9 Å². The van der Waals surface area contributed by atoms with Crippen LogP contribution in [0.25, 0.3) is 0 Å². The molecule has 0 amide bonds. The monoisotopic (exact) mass is 326 g/mol. The van der Waals surface area contributed by atoms with Gasteiger partial charge in [-0.1, -0.05) is 6.92 Å². The van der Waals surface area contributed by atoms with Crippen molar-refractivity contribution in [2.75, 3.05) is 11.9 Å². The predicted molar refractivity (Wildman–Crippen MR) is 83.9 cm³/mol. The van der Waals surface area contributed by atoms with Crippen LogP contribution < -0.4 is 10.0 Å². The molecular formula is C13H18N4O2S2. The van der Waals surface area contributed by atoms with Gasteiger partial charge >= 0.3 is 0 Å². The van der Waals surface area contributed by atoms with Crippen LogP contribution in [0.4, 0.5) is 5.82 Å². The number of hydrogen-bond donors (Lipinski definition) is 2. The van der Waals surface area contributed by atoms with E-state index in [-0.39, 0.29) is 10.9 Å². The molecule has 0 aliphatic carbocycles. The summed E-state index contributed by atoms with van der Waals surface area (Å²) in [6.45, 7) is 4.44. The Balaban J connectivity index is 2.23. The van der Waals surface area contributed by atoms with E-state index >= 15 is 0 Å². The Morgan fingerprint density at radius 3 is 2.81 bits per heavy atom. The molecule has 6 nitrogen and oxygen atoms in total. The van der Waals surface area contributed by atoms with Gasteiger partial charge in [-0.15, -0.1) is 11.3 Å². The molecular weight excluding hydrogens is 308 g/mol. The summed E-state index contributed by atoms with van der Waals surface area (Å²) in [4.78, 5) is 8.39. The van der Waals surface area contributed by atoms with E-state index in [0.29, 0.717) is 12.4 Å². The van der Waals surface area contributed by atoms with E-state index in [1.54, 1.807) is 31.5 Å². The third-order valence-corrected chi connectivity index (χ3v) is 5.29. The molecule has 0 aromatic carbocycles. The van der Waals surface area contributed by atoms with Gasteiger partial charge in [0.25, 0.3) is 0 Å². The summed E-state index contributed by atoms with van der Waals surface area (Å²) in [7, 11) is -3.65. The second-order valence-corrected chi connectivity index (χ2v) is 7.10. The molecule has 0 bridgehead atoms. The summed E-state index contributed by atoms with van der Waals surface area (Å²) >= 11 is 1.42. The molecule has 1 atom stereocenters. The Morgan fingerprint density at radius 2 is 2.14 bits per heavy atom. The number of hydrogen-bond acceptors (Lipinski definition) is 6. The van der Waals surface area contributed by atoms with E-state index in [1.807, 2.05) is 12.3 Å². The van der Waals surface area contributed by atoms with Crippen LogP contribution in [0.1, 0.15) is 31.3 Å². The third kappa shape index (κ3) is 3.99. The van der Waals surface area contributed by atoms with Gasteiger partial charge in [0.05, 0.1) is 6.04 Å². The van der Waals surface area contributed by atoms with Gasteiger partial charge < -0.3 is 5.32 Å². The van der Waals surface area contributed by atoms with Gasteiger partial charge in [0.2, 0.25) is 10.0 Å². The van der Waals surface area contributed by atoms with Crippen molar-refractivity contribution in [2.45, 2.75) is 31.2 Å². The zero-order valence-corrected chi connectivity index (χ0v) is 13.5. The molecule has 114 valence electrons. The highest BCUT2D eigenvalue weighted by Crippen LogP contribution is 2.22. The fourth-order valence-corrected chi connectivity index (χ4v) is 3.84. The van der Waals surface area contributed by atoms with E-state index in [4.69, 9.17) is 0 Å². The summed E-state index contributed by atoms with van der Waals surface area (Å²) in [5.41, 5.74) is 0. The van der Waals surface area contributed by atoms with Crippen molar-refractivity contribution in [2.24, 2.45) is 0 Å². The maximum absolute atomic E-state index is 12.5. The summed E-state index contributed by atoms with van der Waals surface area (Å²) in [5.74, 6) is 0.373. The third-order valence-electron chi connectivity index (χ3n) is 2.76. The van der Waals surface area contributed by atoms with E-state index in [9.17, 15) is 8.42 Å². The van der Waals surface area contributed by atoms with Crippen molar-refractivity contribution in [3.8, 4) is 0 Å². The lowest BCUT2D eigenvalue weighted by Crippen LogP contribution is -2.27. The van der Waals surface area contributed by atoms with Crippen LogP contribution in [0.15, 0.2) is 34.8 Å². The number of pyridine rings is 1. The van der Waals surface area contributed by atoms with Gasteiger partial charge in [-0.2, -0.15) is 0 Å². The minimum Gasteiger partial charge on any atom is -0.369 e. The molecule has 0 fully saturated rings. The Hall–Kier alpha value is -1.51. The largest absolute Gasteiger partial charge is 0.369 e. The first-order chi connectivity index (χ1) is 10.0. The molecule has 1 unspecified atom stereocenters. The lowest BCUT2D eigenvalue weighted by atomic mass is 10.4. The summed E-state index contributed by atoms with van der Waals surface area (Å²) in [5, 5.41) is 5.58. The smallest absolute Gasteiger partial charge is 0.244 e. The fraction of sp³-hybridized carbons (Fsp3) is 0.385. The van der Waals surface area contributed by atoms with E-state index in [2.05, 4.69) is 20.0 Å². The molecule has 0 aliphatic heterocycles. The van der Waals surface area contributed by atoms with Crippen molar-refractivity contribution < 1.29 is 8.42 Å².